The maximum absolute atomic E-state index is 4.54. The summed E-state index contributed by atoms with van der Waals surface area (Å²) in [5, 5.41) is 1.15. The van der Waals surface area contributed by atoms with Crippen molar-refractivity contribution in [2.45, 2.75) is 13.8 Å². The monoisotopic (exact) mass is 223 g/mol. The predicted octanol–water partition coefficient (Wildman–Crippen LogP) is 3.04. The summed E-state index contributed by atoms with van der Waals surface area (Å²) >= 11 is 0. The van der Waals surface area contributed by atoms with Gasteiger partial charge in [0.25, 0.3) is 0 Å². The molecule has 2 aromatic heterocycles. The maximum Gasteiger partial charge on any atom is 0.110 e. The summed E-state index contributed by atoms with van der Waals surface area (Å²) in [6.07, 6.45) is 3.80. The Hall–Kier alpha value is -2.16. The Morgan fingerprint density at radius 3 is 2.71 bits per heavy atom. The second kappa shape index (κ2) is 3.70. The van der Waals surface area contributed by atoms with Crippen molar-refractivity contribution in [3.63, 3.8) is 0 Å². The van der Waals surface area contributed by atoms with Crippen molar-refractivity contribution >= 4 is 10.9 Å². The fourth-order valence-corrected chi connectivity index (χ4v) is 2.12. The average molecular weight is 223 g/mol. The second-order valence-electron chi connectivity index (χ2n) is 4.14. The van der Waals surface area contributed by atoms with Crippen LogP contribution >= 0.6 is 0 Å². The molecule has 1 aromatic carbocycles. The van der Waals surface area contributed by atoms with Crippen LogP contribution < -0.4 is 0 Å². The molecule has 3 nitrogen and oxygen atoms in total. The Kier molecular flexibility index (Phi) is 2.18. The molecule has 0 amide bonds. The average Bonchev–Trinajstić information content (AvgIpc) is 2.74. The third-order valence-electron chi connectivity index (χ3n) is 2.91. The van der Waals surface area contributed by atoms with E-state index in [1.54, 1.807) is 0 Å². The number of benzene rings is 1. The number of fused-ring (bicyclic) bond motifs is 1. The molecule has 3 rings (SSSR count). The molecule has 0 N–H and O–H groups in total. The molecule has 0 aliphatic rings. The molecular weight excluding hydrogens is 210 g/mol. The summed E-state index contributed by atoms with van der Waals surface area (Å²) in [5.74, 6) is 0.987. The fraction of sp³-hybridized carbons (Fsp3) is 0.143. The largest absolute Gasteiger partial charge is 0.303 e. The first-order chi connectivity index (χ1) is 8.25. The van der Waals surface area contributed by atoms with E-state index >= 15 is 0 Å². The van der Waals surface area contributed by atoms with Gasteiger partial charge in [-0.3, -0.25) is 4.98 Å². The van der Waals surface area contributed by atoms with Crippen molar-refractivity contribution in [3.8, 4) is 5.69 Å². The Balaban J connectivity index is 2.39. The van der Waals surface area contributed by atoms with E-state index in [-0.39, 0.29) is 0 Å². The predicted molar refractivity (Wildman–Crippen MR) is 68.3 cm³/mol. The van der Waals surface area contributed by atoms with E-state index in [0.29, 0.717) is 0 Å². The molecule has 0 unspecified atom stereocenters. The standard InChI is InChI=1S/C14H13N3/c1-10-9-14(17-8-7-15-11(17)2)12-5-3-4-6-13(12)16-10/h3-9H,1-2H3. The third-order valence-corrected chi connectivity index (χ3v) is 2.91. The van der Waals surface area contributed by atoms with Gasteiger partial charge in [0, 0.05) is 23.5 Å². The van der Waals surface area contributed by atoms with Crippen LogP contribution in [0.3, 0.4) is 0 Å². The van der Waals surface area contributed by atoms with Gasteiger partial charge in [0.2, 0.25) is 0 Å². The highest BCUT2D eigenvalue weighted by Crippen LogP contribution is 2.22. The Bertz CT molecular complexity index is 683. The normalized spacial score (nSPS) is 10.9. The number of para-hydroxylation sites is 1. The van der Waals surface area contributed by atoms with Gasteiger partial charge < -0.3 is 4.57 Å². The number of aryl methyl sites for hydroxylation is 2. The lowest BCUT2D eigenvalue weighted by atomic mass is 10.1. The van der Waals surface area contributed by atoms with Gasteiger partial charge >= 0.3 is 0 Å². The summed E-state index contributed by atoms with van der Waals surface area (Å²) in [4.78, 5) is 8.81. The van der Waals surface area contributed by atoms with E-state index in [2.05, 4.69) is 26.7 Å². The van der Waals surface area contributed by atoms with Crippen molar-refractivity contribution in [2.75, 3.05) is 0 Å². The van der Waals surface area contributed by atoms with Gasteiger partial charge in [-0.1, -0.05) is 18.2 Å². The number of aromatic nitrogens is 3. The third kappa shape index (κ3) is 1.60. The highest BCUT2D eigenvalue weighted by atomic mass is 15.1. The molecule has 0 fully saturated rings. The van der Waals surface area contributed by atoms with E-state index in [0.717, 1.165) is 28.1 Å². The molecule has 0 saturated carbocycles. The molecule has 0 aliphatic carbocycles. The second-order valence-corrected chi connectivity index (χ2v) is 4.14. The van der Waals surface area contributed by atoms with Crippen molar-refractivity contribution < 1.29 is 0 Å². The van der Waals surface area contributed by atoms with Gasteiger partial charge in [0.1, 0.15) is 5.82 Å². The zero-order valence-corrected chi connectivity index (χ0v) is 9.88. The lowest BCUT2D eigenvalue weighted by Crippen LogP contribution is -1.98. The zero-order valence-electron chi connectivity index (χ0n) is 9.88. The topological polar surface area (TPSA) is 30.7 Å². The minimum absolute atomic E-state index is 0.987. The molecule has 0 radical (unpaired) electrons. The van der Waals surface area contributed by atoms with Crippen molar-refractivity contribution in [2.24, 2.45) is 0 Å². The summed E-state index contributed by atoms with van der Waals surface area (Å²) in [7, 11) is 0. The summed E-state index contributed by atoms with van der Waals surface area (Å²) in [5.41, 5.74) is 3.19. The summed E-state index contributed by atoms with van der Waals surface area (Å²) in [6, 6.07) is 10.3. The fourth-order valence-electron chi connectivity index (χ4n) is 2.12. The summed E-state index contributed by atoms with van der Waals surface area (Å²) < 4.78 is 2.09. The zero-order chi connectivity index (χ0) is 11.8. The smallest absolute Gasteiger partial charge is 0.110 e. The van der Waals surface area contributed by atoms with Gasteiger partial charge in [-0.2, -0.15) is 0 Å². The van der Waals surface area contributed by atoms with Crippen LogP contribution in [0.1, 0.15) is 11.5 Å². The number of rotatable bonds is 1. The molecule has 0 atom stereocenters. The Morgan fingerprint density at radius 2 is 1.94 bits per heavy atom. The quantitative estimate of drug-likeness (QED) is 0.634. The van der Waals surface area contributed by atoms with Gasteiger partial charge in [0.15, 0.2) is 0 Å². The van der Waals surface area contributed by atoms with E-state index in [1.807, 2.05) is 44.4 Å². The van der Waals surface area contributed by atoms with Crippen LogP contribution in [-0.2, 0) is 0 Å². The molecule has 3 heteroatoms. The highest BCUT2D eigenvalue weighted by molar-refractivity contribution is 5.87. The molecule has 0 saturated heterocycles. The number of nitrogens with zero attached hydrogens (tertiary/aromatic N) is 3. The van der Waals surface area contributed by atoms with E-state index in [1.165, 1.54) is 0 Å². The SMILES string of the molecule is Cc1cc(-n2ccnc2C)c2ccccc2n1. The molecule has 17 heavy (non-hydrogen) atoms. The molecule has 2 heterocycles. The van der Waals surface area contributed by atoms with Crippen LogP contribution in [0.5, 0.6) is 0 Å². The van der Waals surface area contributed by atoms with Crippen LogP contribution in [0.15, 0.2) is 42.7 Å². The Labute approximate surface area is 99.8 Å². The van der Waals surface area contributed by atoms with Crippen LogP contribution in [0.2, 0.25) is 0 Å². The first-order valence-electron chi connectivity index (χ1n) is 5.62. The molecule has 0 aliphatic heterocycles. The van der Waals surface area contributed by atoms with Crippen LogP contribution in [0.25, 0.3) is 16.6 Å². The Morgan fingerprint density at radius 1 is 1.12 bits per heavy atom. The van der Waals surface area contributed by atoms with Crippen LogP contribution in [-0.4, -0.2) is 14.5 Å². The summed E-state index contributed by atoms with van der Waals surface area (Å²) in [6.45, 7) is 4.02. The first-order valence-corrected chi connectivity index (χ1v) is 5.62. The molecule has 3 aromatic rings. The van der Waals surface area contributed by atoms with Gasteiger partial charge in [-0.05, 0) is 26.0 Å². The number of hydrogen-bond acceptors (Lipinski definition) is 2. The van der Waals surface area contributed by atoms with Crippen LogP contribution in [0, 0.1) is 13.8 Å². The number of hydrogen-bond donors (Lipinski definition) is 0. The van der Waals surface area contributed by atoms with E-state index in [9.17, 15) is 0 Å². The lowest BCUT2D eigenvalue weighted by molar-refractivity contribution is 0.977. The highest BCUT2D eigenvalue weighted by Gasteiger charge is 2.07. The first kappa shape index (κ1) is 10.0. The maximum atomic E-state index is 4.54. The molecular formula is C14H13N3. The lowest BCUT2D eigenvalue weighted by Gasteiger charge is -2.10. The van der Waals surface area contributed by atoms with Crippen molar-refractivity contribution in [1.29, 1.82) is 0 Å². The van der Waals surface area contributed by atoms with Gasteiger partial charge in [0.05, 0.1) is 11.2 Å². The number of pyridine rings is 1. The molecule has 0 bridgehead atoms. The molecule has 0 spiro atoms. The van der Waals surface area contributed by atoms with E-state index < -0.39 is 0 Å². The van der Waals surface area contributed by atoms with Crippen molar-refractivity contribution in [3.05, 3.63) is 54.2 Å². The van der Waals surface area contributed by atoms with Gasteiger partial charge in [-0.25, -0.2) is 4.98 Å². The number of imidazole rings is 1. The van der Waals surface area contributed by atoms with Gasteiger partial charge in [-0.15, -0.1) is 0 Å². The minimum atomic E-state index is 0.987. The van der Waals surface area contributed by atoms with E-state index in [4.69, 9.17) is 0 Å². The van der Waals surface area contributed by atoms with Crippen LogP contribution in [0.4, 0.5) is 0 Å². The molecule has 84 valence electrons. The van der Waals surface area contributed by atoms with Crippen molar-refractivity contribution in [1.82, 2.24) is 14.5 Å². The minimum Gasteiger partial charge on any atom is -0.303 e.